The summed E-state index contributed by atoms with van der Waals surface area (Å²) in [5.41, 5.74) is -2.41. The summed E-state index contributed by atoms with van der Waals surface area (Å²) in [5, 5.41) is 29.8. The van der Waals surface area contributed by atoms with E-state index in [4.69, 9.17) is 63.9 Å². The molecular weight excluding hydrogens is 489 g/mol. The standard InChI is InChI=1S/C16H20Cl3NO11/c1-6(21)27-5-9-15(4-10(24)25,31-8(3)23)12(28-7(2)22)11(26)13(29-9)30-14(20)16(17,18)19/h9,11-13,20,26H,4-5H2,1-3H3,(H,24,25)/p-1/t9-,11-,12-,13-,15+/m1/s1. The van der Waals surface area contributed by atoms with Crippen LogP contribution < -0.4 is 5.11 Å². The van der Waals surface area contributed by atoms with Crippen molar-refractivity contribution in [2.45, 2.75) is 61.2 Å². The maximum Gasteiger partial charge on any atom is 0.303 e. The first-order valence-electron chi connectivity index (χ1n) is 8.46. The molecule has 0 amide bonds. The first-order chi connectivity index (χ1) is 14.1. The number of hydrogen-bond donors (Lipinski definition) is 2. The fraction of sp³-hybridized carbons (Fsp3) is 0.688. The van der Waals surface area contributed by atoms with Gasteiger partial charge in [-0.2, -0.15) is 0 Å². The van der Waals surface area contributed by atoms with Gasteiger partial charge in [-0.25, -0.2) is 0 Å². The number of ether oxygens (including phenoxy) is 5. The minimum Gasteiger partial charge on any atom is -0.550 e. The van der Waals surface area contributed by atoms with Crippen LogP contribution in [0.1, 0.15) is 27.2 Å². The molecule has 0 aromatic heterocycles. The average Bonchev–Trinajstić information content (AvgIpc) is 2.57. The predicted octanol–water partition coefficient (Wildman–Crippen LogP) is -0.627. The van der Waals surface area contributed by atoms with Gasteiger partial charge in [0.15, 0.2) is 17.8 Å². The van der Waals surface area contributed by atoms with E-state index in [9.17, 15) is 29.4 Å². The van der Waals surface area contributed by atoms with Crippen LogP contribution in [0.4, 0.5) is 0 Å². The van der Waals surface area contributed by atoms with Crippen molar-refractivity contribution in [3.05, 3.63) is 0 Å². The summed E-state index contributed by atoms with van der Waals surface area (Å²) >= 11 is 16.6. The van der Waals surface area contributed by atoms with E-state index in [2.05, 4.69) is 0 Å². The number of carbonyl (C=O) groups is 4. The molecule has 0 bridgehead atoms. The third-order valence-electron chi connectivity index (χ3n) is 3.89. The minimum absolute atomic E-state index is 0.735. The van der Waals surface area contributed by atoms with Gasteiger partial charge in [0, 0.05) is 33.2 Å². The molecule has 0 spiro atoms. The van der Waals surface area contributed by atoms with E-state index in [-0.39, 0.29) is 0 Å². The zero-order valence-electron chi connectivity index (χ0n) is 16.4. The molecule has 0 radical (unpaired) electrons. The summed E-state index contributed by atoms with van der Waals surface area (Å²) in [6.07, 6.45) is -8.70. The first kappa shape index (κ1) is 27.2. The highest BCUT2D eigenvalue weighted by atomic mass is 35.6. The molecule has 1 saturated heterocycles. The number of carboxylic acids is 1. The summed E-state index contributed by atoms with van der Waals surface area (Å²) in [7, 11) is 0. The molecule has 1 fully saturated rings. The van der Waals surface area contributed by atoms with Crippen LogP contribution in [0.5, 0.6) is 0 Å². The quantitative estimate of drug-likeness (QED) is 0.147. The van der Waals surface area contributed by atoms with Gasteiger partial charge in [0.2, 0.25) is 12.2 Å². The molecule has 0 unspecified atom stereocenters. The Kier molecular flexibility index (Phi) is 9.33. The zero-order chi connectivity index (χ0) is 24.1. The molecule has 2 N–H and O–H groups in total. The van der Waals surface area contributed by atoms with E-state index in [1.165, 1.54) is 0 Å². The highest BCUT2D eigenvalue weighted by Crippen LogP contribution is 2.40. The van der Waals surface area contributed by atoms with Gasteiger partial charge in [-0.15, -0.1) is 0 Å². The highest BCUT2D eigenvalue weighted by Gasteiger charge is 2.62. The monoisotopic (exact) mass is 506 g/mol. The zero-order valence-corrected chi connectivity index (χ0v) is 18.7. The van der Waals surface area contributed by atoms with Gasteiger partial charge in [-0.05, 0) is 0 Å². The number of rotatable bonds is 7. The number of aliphatic hydroxyl groups excluding tert-OH is 1. The molecule has 1 aliphatic rings. The van der Waals surface area contributed by atoms with E-state index in [1.807, 2.05) is 0 Å². The fourth-order valence-corrected chi connectivity index (χ4v) is 2.98. The van der Waals surface area contributed by atoms with E-state index >= 15 is 0 Å². The Morgan fingerprint density at radius 3 is 2.10 bits per heavy atom. The number of alkyl halides is 3. The lowest BCUT2D eigenvalue weighted by Gasteiger charge is -2.50. The molecular formula is C16H19Cl3NO11-. The van der Waals surface area contributed by atoms with Gasteiger partial charge < -0.3 is 38.7 Å². The molecule has 31 heavy (non-hydrogen) atoms. The van der Waals surface area contributed by atoms with Crippen molar-refractivity contribution in [3.8, 4) is 0 Å². The second-order valence-electron chi connectivity index (χ2n) is 6.36. The SMILES string of the molecule is CC(=O)OC[C@H]1O[C@H](OC(=N)C(Cl)(Cl)Cl)[C@H](O)[C@@H](OC(C)=O)[C@@]1(CC(=O)[O-])OC(C)=O. The third-order valence-corrected chi connectivity index (χ3v) is 4.41. The number of aliphatic hydroxyl groups is 1. The van der Waals surface area contributed by atoms with Gasteiger partial charge in [0.1, 0.15) is 12.7 Å². The average molecular weight is 508 g/mol. The lowest BCUT2D eigenvalue weighted by molar-refractivity contribution is -0.339. The number of aliphatic carboxylic acids is 1. The Balaban J connectivity index is 3.54. The van der Waals surface area contributed by atoms with E-state index in [0.717, 1.165) is 20.8 Å². The summed E-state index contributed by atoms with van der Waals surface area (Å²) < 4.78 is 23.0. The number of hydrogen-bond acceptors (Lipinski definition) is 12. The van der Waals surface area contributed by atoms with Crippen molar-refractivity contribution in [1.82, 2.24) is 0 Å². The Labute approximate surface area is 191 Å². The second kappa shape index (κ2) is 10.6. The van der Waals surface area contributed by atoms with Gasteiger partial charge in [0.05, 0.1) is 0 Å². The summed E-state index contributed by atoms with van der Waals surface area (Å²) in [5.74, 6) is -5.67. The topological polar surface area (TPSA) is 182 Å². The van der Waals surface area contributed by atoms with Crippen LogP contribution in [0.15, 0.2) is 0 Å². The summed E-state index contributed by atoms with van der Waals surface area (Å²) in [6.45, 7) is 2.14. The predicted molar refractivity (Wildman–Crippen MR) is 100 cm³/mol. The van der Waals surface area contributed by atoms with Gasteiger partial charge in [-0.3, -0.25) is 19.8 Å². The molecule has 176 valence electrons. The Bertz CT molecular complexity index is 723. The van der Waals surface area contributed by atoms with Crippen LogP contribution in [-0.2, 0) is 42.9 Å². The van der Waals surface area contributed by atoms with Crippen molar-refractivity contribution in [2.75, 3.05) is 6.61 Å². The maximum absolute atomic E-state index is 11.8. The van der Waals surface area contributed by atoms with Crippen molar-refractivity contribution in [3.63, 3.8) is 0 Å². The third kappa shape index (κ3) is 7.35. The molecule has 0 aromatic rings. The fourth-order valence-electron chi connectivity index (χ4n) is 2.84. The lowest BCUT2D eigenvalue weighted by atomic mass is 9.80. The molecule has 0 aromatic carbocycles. The Morgan fingerprint density at radius 2 is 1.68 bits per heavy atom. The molecule has 0 aliphatic carbocycles. The van der Waals surface area contributed by atoms with Crippen molar-refractivity contribution in [2.24, 2.45) is 0 Å². The van der Waals surface area contributed by atoms with Crippen LogP contribution in [0.2, 0.25) is 0 Å². The molecule has 12 nitrogen and oxygen atoms in total. The Hall–Kier alpha value is -1.86. The normalized spacial score (nSPS) is 28.2. The molecule has 1 heterocycles. The first-order valence-corrected chi connectivity index (χ1v) is 9.59. The van der Waals surface area contributed by atoms with Gasteiger partial charge in [-0.1, -0.05) is 34.8 Å². The van der Waals surface area contributed by atoms with Gasteiger partial charge >= 0.3 is 17.9 Å². The van der Waals surface area contributed by atoms with E-state index in [0.29, 0.717) is 0 Å². The number of esters is 3. The number of carboxylic acid groups (broad SMARTS) is 1. The highest BCUT2D eigenvalue weighted by molar-refractivity contribution is 6.76. The van der Waals surface area contributed by atoms with Crippen LogP contribution in [0.3, 0.4) is 0 Å². The van der Waals surface area contributed by atoms with Crippen LogP contribution in [0, 0.1) is 5.41 Å². The number of halogens is 3. The maximum atomic E-state index is 11.8. The smallest absolute Gasteiger partial charge is 0.303 e. The molecule has 15 heteroatoms. The minimum atomic E-state index is -2.41. The molecule has 0 saturated carbocycles. The molecule has 5 atom stereocenters. The van der Waals surface area contributed by atoms with Crippen molar-refractivity contribution >= 4 is 64.6 Å². The van der Waals surface area contributed by atoms with Crippen LogP contribution >= 0.6 is 34.8 Å². The van der Waals surface area contributed by atoms with E-state index < -0.39 is 76.8 Å². The van der Waals surface area contributed by atoms with Crippen LogP contribution in [0.25, 0.3) is 0 Å². The number of carbonyl (C=O) groups excluding carboxylic acids is 4. The second-order valence-corrected chi connectivity index (χ2v) is 8.64. The Morgan fingerprint density at radius 1 is 1.10 bits per heavy atom. The van der Waals surface area contributed by atoms with Crippen LogP contribution in [-0.4, -0.2) is 75.5 Å². The largest absolute Gasteiger partial charge is 0.550 e. The lowest BCUT2D eigenvalue weighted by Crippen LogP contribution is -2.71. The molecule has 1 aliphatic heterocycles. The molecule has 1 rings (SSSR count). The van der Waals surface area contributed by atoms with E-state index in [1.54, 1.807) is 0 Å². The van der Waals surface area contributed by atoms with Crippen molar-refractivity contribution < 1.29 is 53.1 Å². The van der Waals surface area contributed by atoms with Gasteiger partial charge in [0.25, 0.3) is 3.79 Å². The summed E-state index contributed by atoms with van der Waals surface area (Å²) in [6, 6.07) is 0. The van der Waals surface area contributed by atoms with Crippen molar-refractivity contribution in [1.29, 1.82) is 5.41 Å². The summed E-state index contributed by atoms with van der Waals surface area (Å²) in [4.78, 5) is 46.2. The number of nitrogens with one attached hydrogen (secondary N) is 1.